The minimum atomic E-state index is -0.459. The number of amides is 1. The van der Waals surface area contributed by atoms with E-state index in [4.69, 9.17) is 16.3 Å². The zero-order valence-corrected chi connectivity index (χ0v) is 12.1. The first-order valence-corrected chi connectivity index (χ1v) is 6.89. The molecule has 7 heteroatoms. The predicted octanol–water partition coefficient (Wildman–Crippen LogP) is 3.17. The Kier molecular flexibility index (Phi) is 3.68. The zero-order chi connectivity index (χ0) is 15.7. The van der Waals surface area contributed by atoms with E-state index in [1.165, 1.54) is 11.0 Å². The largest absolute Gasteiger partial charge is 0.482 e. The molecule has 0 saturated heterocycles. The first-order valence-electron chi connectivity index (χ1n) is 6.51. The second kappa shape index (κ2) is 5.65. The lowest BCUT2D eigenvalue weighted by Crippen LogP contribution is -2.38. The van der Waals surface area contributed by atoms with Gasteiger partial charge in [0.05, 0.1) is 17.2 Å². The summed E-state index contributed by atoms with van der Waals surface area (Å²) in [7, 11) is 0. The zero-order valence-electron chi connectivity index (χ0n) is 11.4. The maximum absolute atomic E-state index is 12.1. The summed E-state index contributed by atoms with van der Waals surface area (Å²) in [5.74, 6) is 0.260. The van der Waals surface area contributed by atoms with Gasteiger partial charge in [0, 0.05) is 16.7 Å². The van der Waals surface area contributed by atoms with Crippen molar-refractivity contribution in [3.8, 4) is 5.75 Å². The number of benzene rings is 2. The SMILES string of the molecule is O=C1COc2ccc(Cl)cc2N1Cc1ccccc1[N+](=O)[O-]. The number of hydrogen-bond acceptors (Lipinski definition) is 4. The van der Waals surface area contributed by atoms with Crippen LogP contribution in [0.3, 0.4) is 0 Å². The molecule has 0 N–H and O–H groups in total. The van der Waals surface area contributed by atoms with E-state index in [2.05, 4.69) is 0 Å². The van der Waals surface area contributed by atoms with Crippen molar-refractivity contribution >= 4 is 28.9 Å². The van der Waals surface area contributed by atoms with Crippen LogP contribution in [0.1, 0.15) is 5.56 Å². The number of carbonyl (C=O) groups is 1. The molecule has 2 aromatic rings. The van der Waals surface area contributed by atoms with E-state index >= 15 is 0 Å². The number of nitro groups is 1. The number of rotatable bonds is 3. The van der Waals surface area contributed by atoms with Crippen molar-refractivity contribution in [3.05, 3.63) is 63.2 Å². The molecule has 0 atom stereocenters. The monoisotopic (exact) mass is 318 g/mol. The topological polar surface area (TPSA) is 72.7 Å². The number of hydrogen-bond donors (Lipinski definition) is 0. The van der Waals surface area contributed by atoms with Crippen molar-refractivity contribution in [3.63, 3.8) is 0 Å². The molecule has 0 radical (unpaired) electrons. The highest BCUT2D eigenvalue weighted by Gasteiger charge is 2.27. The van der Waals surface area contributed by atoms with Crippen molar-refractivity contribution in [2.45, 2.75) is 6.54 Å². The number of fused-ring (bicyclic) bond motifs is 1. The van der Waals surface area contributed by atoms with Gasteiger partial charge in [-0.1, -0.05) is 29.8 Å². The van der Waals surface area contributed by atoms with Gasteiger partial charge in [-0.2, -0.15) is 0 Å². The average molecular weight is 319 g/mol. The molecule has 0 aromatic heterocycles. The highest BCUT2D eigenvalue weighted by Crippen LogP contribution is 2.36. The third kappa shape index (κ3) is 2.60. The third-order valence-corrected chi connectivity index (χ3v) is 3.62. The first-order chi connectivity index (χ1) is 10.6. The molecule has 112 valence electrons. The van der Waals surface area contributed by atoms with Crippen molar-refractivity contribution in [2.75, 3.05) is 11.5 Å². The van der Waals surface area contributed by atoms with E-state index in [-0.39, 0.29) is 24.7 Å². The maximum atomic E-state index is 12.1. The molecule has 0 aliphatic carbocycles. The lowest BCUT2D eigenvalue weighted by molar-refractivity contribution is -0.385. The molecular formula is C15H11ClN2O4. The van der Waals surface area contributed by atoms with Crippen LogP contribution in [-0.4, -0.2) is 17.4 Å². The third-order valence-electron chi connectivity index (χ3n) is 3.38. The smallest absolute Gasteiger partial charge is 0.274 e. The molecule has 1 heterocycles. The Bertz CT molecular complexity index is 763. The second-order valence-corrected chi connectivity index (χ2v) is 5.20. The number of anilines is 1. The standard InChI is InChI=1S/C15H11ClN2O4/c16-11-5-6-14-13(7-11)17(15(19)9-22-14)8-10-3-1-2-4-12(10)18(20)21/h1-7H,8-9H2. The first kappa shape index (κ1) is 14.3. The van der Waals surface area contributed by atoms with Gasteiger partial charge in [-0.15, -0.1) is 0 Å². The maximum Gasteiger partial charge on any atom is 0.274 e. The summed E-state index contributed by atoms with van der Waals surface area (Å²) in [6.07, 6.45) is 0. The molecule has 1 amide bonds. The van der Waals surface area contributed by atoms with Crippen molar-refractivity contribution in [2.24, 2.45) is 0 Å². The lowest BCUT2D eigenvalue weighted by Gasteiger charge is -2.29. The minimum Gasteiger partial charge on any atom is -0.482 e. The van der Waals surface area contributed by atoms with E-state index in [0.717, 1.165) is 0 Å². The van der Waals surface area contributed by atoms with E-state index in [1.807, 2.05) is 0 Å². The summed E-state index contributed by atoms with van der Waals surface area (Å²) in [4.78, 5) is 24.2. The highest BCUT2D eigenvalue weighted by molar-refractivity contribution is 6.31. The quantitative estimate of drug-likeness (QED) is 0.643. The molecule has 0 saturated carbocycles. The van der Waals surface area contributed by atoms with Gasteiger partial charge in [-0.05, 0) is 18.2 Å². The van der Waals surface area contributed by atoms with Gasteiger partial charge in [0.15, 0.2) is 6.61 Å². The normalized spacial score (nSPS) is 13.5. The number of carbonyl (C=O) groups excluding carboxylic acids is 1. The van der Waals surface area contributed by atoms with Crippen molar-refractivity contribution < 1.29 is 14.5 Å². The predicted molar refractivity (Wildman–Crippen MR) is 81.2 cm³/mol. The highest BCUT2D eigenvalue weighted by atomic mass is 35.5. The lowest BCUT2D eigenvalue weighted by atomic mass is 10.1. The average Bonchev–Trinajstić information content (AvgIpc) is 2.50. The van der Waals surface area contributed by atoms with Gasteiger partial charge in [0.25, 0.3) is 11.6 Å². The summed E-state index contributed by atoms with van der Waals surface area (Å²) < 4.78 is 5.35. The van der Waals surface area contributed by atoms with Crippen LogP contribution in [0.4, 0.5) is 11.4 Å². The molecular weight excluding hydrogens is 308 g/mol. The molecule has 2 aromatic carbocycles. The van der Waals surface area contributed by atoms with Crippen molar-refractivity contribution in [1.29, 1.82) is 0 Å². The molecule has 0 fully saturated rings. The van der Waals surface area contributed by atoms with Crippen LogP contribution in [0.25, 0.3) is 0 Å². The van der Waals surface area contributed by atoms with Crippen LogP contribution >= 0.6 is 11.6 Å². The molecule has 0 bridgehead atoms. The Morgan fingerprint density at radius 3 is 2.82 bits per heavy atom. The summed E-state index contributed by atoms with van der Waals surface area (Å²) in [5.41, 5.74) is 0.945. The van der Waals surface area contributed by atoms with Crippen molar-refractivity contribution in [1.82, 2.24) is 0 Å². The molecule has 6 nitrogen and oxygen atoms in total. The Hall–Kier alpha value is -2.60. The fourth-order valence-electron chi connectivity index (χ4n) is 2.34. The Morgan fingerprint density at radius 1 is 1.27 bits per heavy atom. The fraction of sp³-hybridized carbons (Fsp3) is 0.133. The Labute approximate surface area is 131 Å². The molecule has 0 spiro atoms. The summed E-state index contributed by atoms with van der Waals surface area (Å²) in [5, 5.41) is 11.6. The number of nitrogens with zero attached hydrogens (tertiary/aromatic N) is 2. The second-order valence-electron chi connectivity index (χ2n) is 4.77. The van der Waals surface area contributed by atoms with E-state index in [0.29, 0.717) is 22.0 Å². The van der Waals surface area contributed by atoms with E-state index in [1.54, 1.807) is 36.4 Å². The number of para-hydroxylation sites is 1. The van der Waals surface area contributed by atoms with Crippen LogP contribution in [0, 0.1) is 10.1 Å². The number of halogens is 1. The van der Waals surface area contributed by atoms with Crippen LogP contribution in [0.15, 0.2) is 42.5 Å². The molecule has 0 unspecified atom stereocenters. The summed E-state index contributed by atoms with van der Waals surface area (Å²) in [6, 6.07) is 11.3. The van der Waals surface area contributed by atoms with Gasteiger partial charge >= 0.3 is 0 Å². The van der Waals surface area contributed by atoms with E-state index in [9.17, 15) is 14.9 Å². The minimum absolute atomic E-state index is 0.0228. The Morgan fingerprint density at radius 2 is 2.05 bits per heavy atom. The van der Waals surface area contributed by atoms with Crippen LogP contribution in [0.2, 0.25) is 5.02 Å². The van der Waals surface area contributed by atoms with Crippen LogP contribution < -0.4 is 9.64 Å². The van der Waals surface area contributed by atoms with Gasteiger partial charge in [-0.25, -0.2) is 0 Å². The van der Waals surface area contributed by atoms with Gasteiger partial charge in [0.2, 0.25) is 0 Å². The van der Waals surface area contributed by atoms with Gasteiger partial charge in [0.1, 0.15) is 5.75 Å². The van der Waals surface area contributed by atoms with Gasteiger partial charge < -0.3 is 9.64 Å². The summed E-state index contributed by atoms with van der Waals surface area (Å²) >= 11 is 5.97. The molecule has 3 rings (SSSR count). The Balaban J connectivity index is 2.01. The number of ether oxygens (including phenoxy) is 1. The fourth-order valence-corrected chi connectivity index (χ4v) is 2.51. The number of nitro benzene ring substituents is 1. The molecule has 1 aliphatic rings. The van der Waals surface area contributed by atoms with Gasteiger partial charge in [-0.3, -0.25) is 14.9 Å². The summed E-state index contributed by atoms with van der Waals surface area (Å²) in [6.45, 7) is -0.0120. The van der Waals surface area contributed by atoms with Crippen LogP contribution in [-0.2, 0) is 11.3 Å². The van der Waals surface area contributed by atoms with Crippen LogP contribution in [0.5, 0.6) is 5.75 Å². The molecule has 1 aliphatic heterocycles. The van der Waals surface area contributed by atoms with E-state index < -0.39 is 4.92 Å². The molecule has 22 heavy (non-hydrogen) atoms.